The van der Waals surface area contributed by atoms with E-state index in [9.17, 15) is 28.6 Å². The standard InChI is InChI=1S/C23H24F2O6/c1-21(13-5-6-14-21)31-19(26)15-22(29,16-7-3-2-4-8-16)17-9-11-18(12-10-17)30-23(24,25)20(27)28/h2-4,7-12,29H,5-6,13-15H2,1H3,(H,27,28)/p-1. The first-order valence-electron chi connectivity index (χ1n) is 9.93. The molecule has 3 rings (SSSR count). The van der Waals surface area contributed by atoms with Gasteiger partial charge in [-0.2, -0.15) is 8.78 Å². The zero-order valence-corrected chi connectivity index (χ0v) is 17.0. The van der Waals surface area contributed by atoms with Crippen molar-refractivity contribution in [1.82, 2.24) is 0 Å². The Balaban J connectivity index is 1.87. The molecule has 1 aliphatic carbocycles. The van der Waals surface area contributed by atoms with Gasteiger partial charge in [-0.3, -0.25) is 4.79 Å². The first-order chi connectivity index (χ1) is 14.5. The molecule has 6 nitrogen and oxygen atoms in total. The zero-order valence-electron chi connectivity index (χ0n) is 17.0. The number of aliphatic carboxylic acids is 1. The third-order valence-corrected chi connectivity index (χ3v) is 5.49. The summed E-state index contributed by atoms with van der Waals surface area (Å²) in [5.41, 5.74) is -1.71. The van der Waals surface area contributed by atoms with Crippen molar-refractivity contribution in [2.45, 2.75) is 56.3 Å². The average Bonchev–Trinajstić information content (AvgIpc) is 3.14. The highest BCUT2D eigenvalue weighted by molar-refractivity contribution is 5.73. The minimum absolute atomic E-state index is 0.233. The number of ether oxygens (including phenoxy) is 2. The number of aliphatic hydroxyl groups is 1. The Bertz CT molecular complexity index is 923. The van der Waals surface area contributed by atoms with Gasteiger partial charge in [0.2, 0.25) is 0 Å². The number of rotatable bonds is 8. The van der Waals surface area contributed by atoms with Crippen molar-refractivity contribution in [1.29, 1.82) is 0 Å². The third kappa shape index (κ3) is 5.19. The predicted octanol–water partition coefficient (Wildman–Crippen LogP) is 2.91. The molecule has 0 aromatic heterocycles. The molecular formula is C23H23F2O6-. The molecule has 1 fully saturated rings. The van der Waals surface area contributed by atoms with Gasteiger partial charge < -0.3 is 24.5 Å². The van der Waals surface area contributed by atoms with Gasteiger partial charge in [-0.25, -0.2) is 0 Å². The molecule has 2 aromatic carbocycles. The summed E-state index contributed by atoms with van der Waals surface area (Å²) in [6.07, 6.45) is -1.46. The van der Waals surface area contributed by atoms with Gasteiger partial charge in [0.15, 0.2) is 5.97 Å². The number of alkyl halides is 2. The van der Waals surface area contributed by atoms with Crippen LogP contribution in [0, 0.1) is 0 Å². The van der Waals surface area contributed by atoms with Crippen LogP contribution in [0.3, 0.4) is 0 Å². The average molecular weight is 433 g/mol. The van der Waals surface area contributed by atoms with E-state index in [1.165, 1.54) is 12.1 Å². The summed E-state index contributed by atoms with van der Waals surface area (Å²) in [5.74, 6) is -3.69. The summed E-state index contributed by atoms with van der Waals surface area (Å²) >= 11 is 0. The first kappa shape index (κ1) is 22.7. The minimum atomic E-state index is -4.50. The van der Waals surface area contributed by atoms with E-state index in [0.29, 0.717) is 5.56 Å². The molecule has 1 aliphatic rings. The highest BCUT2D eigenvalue weighted by Gasteiger charge is 2.39. The number of carbonyl (C=O) groups is 2. The number of carboxylic acid groups (broad SMARTS) is 1. The summed E-state index contributed by atoms with van der Waals surface area (Å²) in [5, 5.41) is 21.9. The molecule has 0 bridgehead atoms. The summed E-state index contributed by atoms with van der Waals surface area (Å²) in [7, 11) is 0. The van der Waals surface area contributed by atoms with Crippen molar-refractivity contribution >= 4 is 11.9 Å². The van der Waals surface area contributed by atoms with Gasteiger partial charge in [0.05, 0.1) is 6.42 Å². The third-order valence-electron chi connectivity index (χ3n) is 5.49. The van der Waals surface area contributed by atoms with Crippen LogP contribution >= 0.6 is 0 Å². The molecule has 0 saturated heterocycles. The van der Waals surface area contributed by atoms with Crippen LogP contribution in [0.5, 0.6) is 5.75 Å². The molecule has 2 aromatic rings. The Morgan fingerprint density at radius 1 is 1.03 bits per heavy atom. The molecule has 1 unspecified atom stereocenters. The number of carboxylic acids is 1. The second-order valence-electron chi connectivity index (χ2n) is 7.96. The molecule has 0 heterocycles. The molecule has 0 aliphatic heterocycles. The normalized spacial score (nSPS) is 17.5. The summed E-state index contributed by atoms with van der Waals surface area (Å²) < 4.78 is 36.3. The fourth-order valence-corrected chi connectivity index (χ4v) is 3.82. The molecule has 0 amide bonds. The monoisotopic (exact) mass is 433 g/mol. The maximum atomic E-state index is 13.2. The van der Waals surface area contributed by atoms with E-state index in [1.807, 2.05) is 6.92 Å². The van der Waals surface area contributed by atoms with Crippen LogP contribution in [0.15, 0.2) is 54.6 Å². The van der Waals surface area contributed by atoms with Gasteiger partial charge in [0.25, 0.3) is 0 Å². The van der Waals surface area contributed by atoms with Gasteiger partial charge in [0.1, 0.15) is 17.0 Å². The molecule has 0 radical (unpaired) electrons. The van der Waals surface area contributed by atoms with Crippen molar-refractivity contribution < 1.29 is 38.1 Å². The lowest BCUT2D eigenvalue weighted by Gasteiger charge is -2.31. The van der Waals surface area contributed by atoms with E-state index >= 15 is 0 Å². The second kappa shape index (κ2) is 8.63. The maximum absolute atomic E-state index is 13.2. The quantitative estimate of drug-likeness (QED) is 0.643. The van der Waals surface area contributed by atoms with E-state index in [2.05, 4.69) is 4.74 Å². The topological polar surface area (TPSA) is 95.9 Å². The van der Waals surface area contributed by atoms with Crippen molar-refractivity contribution in [3.63, 3.8) is 0 Å². The Labute approximate surface area is 178 Å². The fraction of sp³-hybridized carbons (Fsp3) is 0.391. The molecule has 166 valence electrons. The minimum Gasteiger partial charge on any atom is -0.541 e. The number of hydrogen-bond donors (Lipinski definition) is 1. The van der Waals surface area contributed by atoms with Gasteiger partial charge in [-0.05, 0) is 55.9 Å². The summed E-state index contributed by atoms with van der Waals surface area (Å²) in [6, 6.07) is 13.2. The predicted molar refractivity (Wildman–Crippen MR) is 104 cm³/mol. The zero-order chi connectivity index (χ0) is 22.7. The molecule has 0 spiro atoms. The van der Waals surface area contributed by atoms with Crippen molar-refractivity contribution in [2.75, 3.05) is 0 Å². The Morgan fingerprint density at radius 3 is 2.13 bits per heavy atom. The molecular weight excluding hydrogens is 410 g/mol. The van der Waals surface area contributed by atoms with E-state index < -0.39 is 35.0 Å². The Morgan fingerprint density at radius 2 is 1.58 bits per heavy atom. The van der Waals surface area contributed by atoms with Crippen molar-refractivity contribution in [3.8, 4) is 5.75 Å². The van der Waals surface area contributed by atoms with Crippen LogP contribution in [0.1, 0.15) is 50.2 Å². The van der Waals surface area contributed by atoms with E-state index in [-0.39, 0.29) is 12.0 Å². The summed E-state index contributed by atoms with van der Waals surface area (Å²) in [4.78, 5) is 23.2. The number of esters is 1. The van der Waals surface area contributed by atoms with E-state index in [0.717, 1.165) is 37.8 Å². The Kier molecular flexibility index (Phi) is 6.31. The van der Waals surface area contributed by atoms with Crippen LogP contribution in [0.2, 0.25) is 0 Å². The largest absolute Gasteiger partial charge is 0.541 e. The highest BCUT2D eigenvalue weighted by Crippen LogP contribution is 2.37. The van der Waals surface area contributed by atoms with Gasteiger partial charge in [0, 0.05) is 0 Å². The molecule has 31 heavy (non-hydrogen) atoms. The molecule has 1 saturated carbocycles. The van der Waals surface area contributed by atoms with Gasteiger partial charge in [-0.15, -0.1) is 0 Å². The van der Waals surface area contributed by atoms with Crippen molar-refractivity contribution in [2.24, 2.45) is 0 Å². The molecule has 8 heteroatoms. The number of benzene rings is 2. The summed E-state index contributed by atoms with van der Waals surface area (Å²) in [6.45, 7) is 1.86. The fourth-order valence-electron chi connectivity index (χ4n) is 3.82. The van der Waals surface area contributed by atoms with E-state index in [1.54, 1.807) is 30.3 Å². The van der Waals surface area contributed by atoms with E-state index in [4.69, 9.17) is 4.74 Å². The number of halogens is 2. The lowest BCUT2D eigenvalue weighted by atomic mass is 9.83. The van der Waals surface area contributed by atoms with Crippen LogP contribution in [-0.2, 0) is 19.9 Å². The lowest BCUT2D eigenvalue weighted by molar-refractivity contribution is -0.350. The number of carbonyl (C=O) groups excluding carboxylic acids is 2. The molecule has 1 atom stereocenters. The Hall–Kier alpha value is -3.00. The lowest BCUT2D eigenvalue weighted by Crippen LogP contribution is -2.45. The van der Waals surface area contributed by atoms with Crippen LogP contribution < -0.4 is 9.84 Å². The first-order valence-corrected chi connectivity index (χ1v) is 9.93. The van der Waals surface area contributed by atoms with Crippen LogP contribution in [0.25, 0.3) is 0 Å². The second-order valence-corrected chi connectivity index (χ2v) is 7.96. The maximum Gasteiger partial charge on any atom is 0.441 e. The van der Waals surface area contributed by atoms with Crippen LogP contribution in [0.4, 0.5) is 8.78 Å². The molecule has 1 N–H and O–H groups in total. The van der Waals surface area contributed by atoms with Gasteiger partial charge >= 0.3 is 12.1 Å². The van der Waals surface area contributed by atoms with Crippen LogP contribution in [-0.4, -0.2) is 28.8 Å². The number of hydrogen-bond acceptors (Lipinski definition) is 6. The van der Waals surface area contributed by atoms with Gasteiger partial charge in [-0.1, -0.05) is 42.5 Å². The van der Waals surface area contributed by atoms with Crippen molar-refractivity contribution in [3.05, 3.63) is 65.7 Å². The smallest absolute Gasteiger partial charge is 0.441 e. The highest BCUT2D eigenvalue weighted by atomic mass is 19.3. The SMILES string of the molecule is CC1(OC(=O)CC(O)(c2ccccc2)c2ccc(OC(F)(F)C(=O)[O-])cc2)CCCC1.